The number of thioether (sulfide) groups is 1. The summed E-state index contributed by atoms with van der Waals surface area (Å²) in [6.45, 7) is 2.37. The zero-order valence-electron chi connectivity index (χ0n) is 10.5. The monoisotopic (exact) mass is 247 g/mol. The highest BCUT2D eigenvalue weighted by Crippen LogP contribution is 2.34. The Hall–Kier alpha value is -0.470. The molecule has 1 aliphatic heterocycles. The van der Waals surface area contributed by atoms with E-state index < -0.39 is 0 Å². The molecule has 0 amide bonds. The van der Waals surface area contributed by atoms with Gasteiger partial charge in [-0.3, -0.25) is 0 Å². The van der Waals surface area contributed by atoms with Crippen LogP contribution in [-0.4, -0.2) is 11.8 Å². The van der Waals surface area contributed by atoms with Crippen molar-refractivity contribution in [3.63, 3.8) is 0 Å². The van der Waals surface area contributed by atoms with Crippen molar-refractivity contribution in [2.45, 2.75) is 44.0 Å². The lowest BCUT2D eigenvalue weighted by Gasteiger charge is -2.36. The van der Waals surface area contributed by atoms with Crippen LogP contribution in [0.2, 0.25) is 0 Å². The summed E-state index contributed by atoms with van der Waals surface area (Å²) in [5.41, 5.74) is 3.07. The van der Waals surface area contributed by atoms with Gasteiger partial charge in [0.2, 0.25) is 0 Å². The van der Waals surface area contributed by atoms with Crippen LogP contribution in [0, 0.1) is 5.92 Å². The number of nitrogens with one attached hydrogen (secondary N) is 1. The Morgan fingerprint density at radius 1 is 1.29 bits per heavy atom. The lowest BCUT2D eigenvalue weighted by atomic mass is 9.80. The molecule has 2 unspecified atom stereocenters. The molecule has 1 fully saturated rings. The molecule has 2 atom stereocenters. The van der Waals surface area contributed by atoms with Gasteiger partial charge in [0.15, 0.2) is 0 Å². The van der Waals surface area contributed by atoms with Gasteiger partial charge < -0.3 is 5.32 Å². The molecule has 92 valence electrons. The van der Waals surface area contributed by atoms with Crippen LogP contribution in [0.4, 0.5) is 0 Å². The second kappa shape index (κ2) is 5.03. The van der Waals surface area contributed by atoms with Gasteiger partial charge in [0.05, 0.1) is 0 Å². The van der Waals surface area contributed by atoms with Crippen LogP contribution in [0.3, 0.4) is 0 Å². The second-order valence-corrected chi connectivity index (χ2v) is 6.44. The van der Waals surface area contributed by atoms with Crippen molar-refractivity contribution in [2.24, 2.45) is 5.92 Å². The zero-order chi connectivity index (χ0) is 11.7. The van der Waals surface area contributed by atoms with E-state index in [1.165, 1.54) is 41.9 Å². The van der Waals surface area contributed by atoms with Crippen LogP contribution in [0.15, 0.2) is 24.3 Å². The molecule has 0 aromatic heterocycles. The minimum Gasteiger partial charge on any atom is -0.306 e. The molecule has 1 N–H and O–H groups in total. The number of hydrogen-bond acceptors (Lipinski definition) is 2. The van der Waals surface area contributed by atoms with Gasteiger partial charge in [0, 0.05) is 23.6 Å². The van der Waals surface area contributed by atoms with Crippen molar-refractivity contribution in [3.8, 4) is 0 Å². The maximum absolute atomic E-state index is 3.86. The Labute approximate surface area is 108 Å². The minimum absolute atomic E-state index is 0.570. The Morgan fingerprint density at radius 3 is 2.88 bits per heavy atom. The van der Waals surface area contributed by atoms with E-state index in [4.69, 9.17) is 0 Å². The fraction of sp³-hybridized carbons (Fsp3) is 0.600. The average Bonchev–Trinajstić information content (AvgIpc) is 2.27. The third-order valence-electron chi connectivity index (χ3n) is 4.29. The summed E-state index contributed by atoms with van der Waals surface area (Å²) in [5.74, 6) is 3.34. The normalized spacial score (nSPS) is 26.1. The van der Waals surface area contributed by atoms with E-state index in [0.717, 1.165) is 5.92 Å². The topological polar surface area (TPSA) is 12.0 Å². The van der Waals surface area contributed by atoms with Crippen LogP contribution in [0.25, 0.3) is 0 Å². The molecule has 0 radical (unpaired) electrons. The van der Waals surface area contributed by atoms with Crippen molar-refractivity contribution in [3.05, 3.63) is 35.4 Å². The number of fused-ring (bicyclic) bond motifs is 1. The Morgan fingerprint density at radius 2 is 2.12 bits per heavy atom. The summed E-state index contributed by atoms with van der Waals surface area (Å²) in [4.78, 5) is 0. The van der Waals surface area contributed by atoms with Gasteiger partial charge >= 0.3 is 0 Å². The molecule has 17 heavy (non-hydrogen) atoms. The quantitative estimate of drug-likeness (QED) is 0.873. The summed E-state index contributed by atoms with van der Waals surface area (Å²) in [6, 6.07) is 10.2. The lowest BCUT2D eigenvalue weighted by molar-refractivity contribution is 0.230. The molecular formula is C15H21NS. The molecule has 2 aliphatic rings. The van der Waals surface area contributed by atoms with Crippen LogP contribution in [0.5, 0.6) is 0 Å². The van der Waals surface area contributed by atoms with E-state index in [-0.39, 0.29) is 0 Å². The summed E-state index contributed by atoms with van der Waals surface area (Å²) in [7, 11) is 0. The van der Waals surface area contributed by atoms with Gasteiger partial charge in [-0.2, -0.15) is 11.8 Å². The fourth-order valence-corrected chi connectivity index (χ4v) is 4.03. The summed E-state index contributed by atoms with van der Waals surface area (Å²) >= 11 is 2.06. The minimum atomic E-state index is 0.570. The second-order valence-electron chi connectivity index (χ2n) is 5.41. The maximum Gasteiger partial charge on any atom is 0.0417 e. The van der Waals surface area contributed by atoms with Gasteiger partial charge in [-0.05, 0) is 36.8 Å². The van der Waals surface area contributed by atoms with Crippen LogP contribution >= 0.6 is 11.8 Å². The average molecular weight is 247 g/mol. The Bertz CT molecular complexity index is 386. The molecule has 2 heteroatoms. The van der Waals surface area contributed by atoms with Gasteiger partial charge in [0.25, 0.3) is 0 Å². The van der Waals surface area contributed by atoms with Gasteiger partial charge in [-0.15, -0.1) is 0 Å². The molecular weight excluding hydrogens is 226 g/mol. The smallest absolute Gasteiger partial charge is 0.0417 e. The molecule has 3 rings (SSSR count). The van der Waals surface area contributed by atoms with E-state index in [1.54, 1.807) is 0 Å². The number of rotatable bonds is 3. The Balaban J connectivity index is 1.71. The van der Waals surface area contributed by atoms with E-state index >= 15 is 0 Å². The molecule has 1 aromatic carbocycles. The van der Waals surface area contributed by atoms with Crippen LogP contribution < -0.4 is 5.32 Å². The molecule has 1 nitrogen and oxygen atoms in total. The zero-order valence-corrected chi connectivity index (χ0v) is 11.3. The van der Waals surface area contributed by atoms with Crippen LogP contribution in [-0.2, 0) is 5.75 Å². The third kappa shape index (κ3) is 2.38. The standard InChI is InChI=1S/C15H21NS/c1-11(12-6-4-7-12)16-15-10-17-9-13-5-2-3-8-14(13)15/h2-3,5,8,11-12,15-16H,4,6-7,9-10H2,1H3. The molecule has 1 aliphatic carbocycles. The molecule has 1 aromatic rings. The van der Waals surface area contributed by atoms with E-state index in [2.05, 4.69) is 48.3 Å². The first-order valence-corrected chi connectivity index (χ1v) is 7.91. The highest BCUT2D eigenvalue weighted by atomic mass is 32.2. The largest absolute Gasteiger partial charge is 0.306 e. The van der Waals surface area contributed by atoms with E-state index in [1.807, 2.05) is 0 Å². The van der Waals surface area contributed by atoms with Gasteiger partial charge in [-0.25, -0.2) is 0 Å². The lowest BCUT2D eigenvalue weighted by Crippen LogP contribution is -2.41. The molecule has 0 saturated heterocycles. The number of hydrogen-bond donors (Lipinski definition) is 1. The first-order chi connectivity index (χ1) is 8.34. The first kappa shape index (κ1) is 11.6. The van der Waals surface area contributed by atoms with Crippen molar-refractivity contribution < 1.29 is 0 Å². The first-order valence-electron chi connectivity index (χ1n) is 6.76. The molecule has 0 spiro atoms. The highest BCUT2D eigenvalue weighted by Gasteiger charge is 2.27. The predicted molar refractivity (Wildman–Crippen MR) is 75.3 cm³/mol. The summed E-state index contributed by atoms with van der Waals surface area (Å²) in [5, 5.41) is 3.86. The van der Waals surface area contributed by atoms with E-state index in [9.17, 15) is 0 Å². The molecule has 1 saturated carbocycles. The van der Waals surface area contributed by atoms with Gasteiger partial charge in [0.1, 0.15) is 0 Å². The summed E-state index contributed by atoms with van der Waals surface area (Å²) < 4.78 is 0. The van der Waals surface area contributed by atoms with Crippen molar-refractivity contribution in [1.82, 2.24) is 5.32 Å². The Kier molecular flexibility index (Phi) is 3.44. The molecule has 1 heterocycles. The van der Waals surface area contributed by atoms with Gasteiger partial charge in [-0.1, -0.05) is 30.7 Å². The van der Waals surface area contributed by atoms with Crippen LogP contribution in [0.1, 0.15) is 43.4 Å². The van der Waals surface area contributed by atoms with Crippen molar-refractivity contribution in [2.75, 3.05) is 5.75 Å². The fourth-order valence-electron chi connectivity index (χ4n) is 2.91. The SMILES string of the molecule is CC(NC1CSCc2ccccc21)C1CCC1. The van der Waals surface area contributed by atoms with Crippen molar-refractivity contribution >= 4 is 11.8 Å². The molecule has 0 bridgehead atoms. The predicted octanol–water partition coefficient (Wildman–Crippen LogP) is 3.75. The maximum atomic E-state index is 3.86. The van der Waals surface area contributed by atoms with Crippen molar-refractivity contribution in [1.29, 1.82) is 0 Å². The third-order valence-corrected chi connectivity index (χ3v) is 5.38. The highest BCUT2D eigenvalue weighted by molar-refractivity contribution is 7.98. The number of benzene rings is 1. The van der Waals surface area contributed by atoms with E-state index in [0.29, 0.717) is 12.1 Å². The summed E-state index contributed by atoms with van der Waals surface area (Å²) in [6.07, 6.45) is 4.29.